The standard InChI is InChI=1S/C23H30ClN3O.C2HF3O2/c1-17-4-3-11-25-23(17)26-12-9-21(10-13-26)27-15-18(2)28-16-22(27)14-19-5-7-20(24)8-6-19;3-2(4,5)1(6)7/h3-8,11,18,21-22H,9-10,12-16H2,1-2H3;(H,6,7)/t18-,22-;/m0./s1. The zero-order valence-corrected chi connectivity index (χ0v) is 20.6. The van der Waals surface area contributed by atoms with Crippen molar-refractivity contribution < 1.29 is 27.8 Å². The Kier molecular flexibility index (Phi) is 9.38. The first-order valence-corrected chi connectivity index (χ1v) is 12.0. The summed E-state index contributed by atoms with van der Waals surface area (Å²) in [4.78, 5) is 18.7. The fraction of sp³-hybridized carbons (Fsp3) is 0.520. The molecule has 2 aromatic rings. The third-order valence-electron chi connectivity index (χ3n) is 6.35. The number of benzene rings is 1. The number of carbonyl (C=O) groups is 1. The number of halogens is 4. The Morgan fingerprint density at radius 2 is 1.83 bits per heavy atom. The van der Waals surface area contributed by atoms with Crippen molar-refractivity contribution in [2.75, 3.05) is 31.1 Å². The molecule has 0 aliphatic carbocycles. The molecule has 3 heterocycles. The van der Waals surface area contributed by atoms with E-state index >= 15 is 0 Å². The van der Waals surface area contributed by atoms with Crippen LogP contribution in [0.4, 0.5) is 19.0 Å². The number of nitrogens with zero attached hydrogens (tertiary/aromatic N) is 3. The first-order chi connectivity index (χ1) is 16.5. The summed E-state index contributed by atoms with van der Waals surface area (Å²) in [6, 6.07) is 13.5. The molecule has 2 aliphatic heterocycles. The average molecular weight is 514 g/mol. The van der Waals surface area contributed by atoms with Crippen molar-refractivity contribution in [3.05, 3.63) is 58.7 Å². The zero-order chi connectivity index (χ0) is 25.6. The normalized spacial score (nSPS) is 21.8. The van der Waals surface area contributed by atoms with Crippen molar-refractivity contribution in [1.82, 2.24) is 9.88 Å². The van der Waals surface area contributed by atoms with Gasteiger partial charge in [0.15, 0.2) is 0 Å². The lowest BCUT2D eigenvalue weighted by molar-refractivity contribution is -0.192. The predicted octanol–water partition coefficient (Wildman–Crippen LogP) is 4.98. The number of rotatable bonds is 4. The van der Waals surface area contributed by atoms with Crippen molar-refractivity contribution in [3.63, 3.8) is 0 Å². The van der Waals surface area contributed by atoms with Crippen molar-refractivity contribution in [1.29, 1.82) is 0 Å². The average Bonchev–Trinajstić information content (AvgIpc) is 2.82. The van der Waals surface area contributed by atoms with Gasteiger partial charge in [-0.1, -0.05) is 29.8 Å². The lowest BCUT2D eigenvalue weighted by Crippen LogP contribution is -2.56. The van der Waals surface area contributed by atoms with Gasteiger partial charge in [-0.3, -0.25) is 4.90 Å². The van der Waals surface area contributed by atoms with Crippen LogP contribution in [0, 0.1) is 6.92 Å². The molecule has 2 saturated heterocycles. The minimum atomic E-state index is -5.08. The van der Waals surface area contributed by atoms with Gasteiger partial charge in [-0.2, -0.15) is 13.2 Å². The molecule has 192 valence electrons. The number of anilines is 1. The fourth-order valence-corrected chi connectivity index (χ4v) is 4.73. The summed E-state index contributed by atoms with van der Waals surface area (Å²) in [6.45, 7) is 8.32. The van der Waals surface area contributed by atoms with Crippen molar-refractivity contribution in [2.24, 2.45) is 0 Å². The second kappa shape index (κ2) is 12.1. The molecule has 1 N–H and O–H groups in total. The molecular formula is C25H31ClF3N3O3. The smallest absolute Gasteiger partial charge is 0.475 e. The van der Waals surface area contributed by atoms with Gasteiger partial charge in [0.05, 0.1) is 12.7 Å². The molecule has 1 aromatic heterocycles. The number of carboxylic acids is 1. The molecule has 0 bridgehead atoms. The summed E-state index contributed by atoms with van der Waals surface area (Å²) >= 11 is 6.05. The third-order valence-corrected chi connectivity index (χ3v) is 6.60. The Morgan fingerprint density at radius 1 is 1.20 bits per heavy atom. The minimum Gasteiger partial charge on any atom is -0.475 e. The van der Waals surface area contributed by atoms with Crippen LogP contribution in [-0.4, -0.2) is 71.6 Å². The summed E-state index contributed by atoms with van der Waals surface area (Å²) in [7, 11) is 0. The van der Waals surface area contributed by atoms with Crippen LogP contribution in [0.15, 0.2) is 42.6 Å². The third kappa shape index (κ3) is 7.81. The summed E-state index contributed by atoms with van der Waals surface area (Å²) in [5.74, 6) is -1.61. The van der Waals surface area contributed by atoms with E-state index in [1.807, 2.05) is 24.4 Å². The van der Waals surface area contributed by atoms with Crippen molar-refractivity contribution in [3.8, 4) is 0 Å². The Labute approximate surface area is 208 Å². The van der Waals surface area contributed by atoms with Crippen LogP contribution < -0.4 is 4.90 Å². The van der Waals surface area contributed by atoms with Gasteiger partial charge in [-0.25, -0.2) is 9.78 Å². The van der Waals surface area contributed by atoms with Crippen LogP contribution in [0.3, 0.4) is 0 Å². The van der Waals surface area contributed by atoms with E-state index in [0.29, 0.717) is 18.2 Å². The van der Waals surface area contributed by atoms with Gasteiger partial charge in [-0.15, -0.1) is 0 Å². The Morgan fingerprint density at radius 3 is 2.40 bits per heavy atom. The largest absolute Gasteiger partial charge is 0.490 e. The molecule has 2 fully saturated rings. The molecule has 0 saturated carbocycles. The van der Waals surface area contributed by atoms with Gasteiger partial charge < -0.3 is 14.7 Å². The van der Waals surface area contributed by atoms with Crippen LogP contribution in [-0.2, 0) is 16.0 Å². The number of morpholine rings is 1. The Hall–Kier alpha value is -2.36. The summed E-state index contributed by atoms with van der Waals surface area (Å²) in [6.07, 6.45) is 0.501. The molecule has 35 heavy (non-hydrogen) atoms. The summed E-state index contributed by atoms with van der Waals surface area (Å²) in [5.41, 5.74) is 2.60. The number of ether oxygens (including phenoxy) is 1. The van der Waals surface area contributed by atoms with Gasteiger partial charge in [0.1, 0.15) is 5.82 Å². The SMILES string of the molecule is Cc1cccnc1N1CCC(N2C[C@H](C)OC[C@@H]2Cc2ccc(Cl)cc2)CC1.O=C(O)C(F)(F)F. The summed E-state index contributed by atoms with van der Waals surface area (Å²) in [5, 5.41) is 7.92. The van der Waals surface area contributed by atoms with E-state index in [-0.39, 0.29) is 0 Å². The monoisotopic (exact) mass is 513 g/mol. The number of aryl methyl sites for hydroxylation is 1. The van der Waals surface area contributed by atoms with Gasteiger partial charge in [0.25, 0.3) is 0 Å². The highest BCUT2D eigenvalue weighted by Gasteiger charge is 2.38. The van der Waals surface area contributed by atoms with Crippen LogP contribution in [0.5, 0.6) is 0 Å². The first-order valence-electron chi connectivity index (χ1n) is 11.6. The molecule has 0 amide bonds. The van der Waals surface area contributed by atoms with Crippen molar-refractivity contribution >= 4 is 23.4 Å². The number of pyridine rings is 1. The maximum absolute atomic E-state index is 10.6. The van der Waals surface area contributed by atoms with E-state index in [1.54, 1.807) is 0 Å². The van der Waals surface area contributed by atoms with E-state index in [9.17, 15) is 13.2 Å². The van der Waals surface area contributed by atoms with Gasteiger partial charge in [0.2, 0.25) is 0 Å². The number of hydrogen-bond donors (Lipinski definition) is 1. The molecule has 4 rings (SSSR count). The van der Waals surface area contributed by atoms with Crippen molar-refractivity contribution in [2.45, 2.75) is 57.5 Å². The van der Waals surface area contributed by atoms with Gasteiger partial charge in [0, 0.05) is 42.9 Å². The number of carboxylic acid groups (broad SMARTS) is 1. The molecule has 10 heteroatoms. The van der Waals surface area contributed by atoms with Crippen LogP contribution in [0.2, 0.25) is 5.02 Å². The highest BCUT2D eigenvalue weighted by atomic mass is 35.5. The number of aromatic nitrogens is 1. The van der Waals surface area contributed by atoms with Crippen LogP contribution in [0.25, 0.3) is 0 Å². The van der Waals surface area contributed by atoms with E-state index < -0.39 is 12.1 Å². The molecule has 0 radical (unpaired) electrons. The second-order valence-electron chi connectivity index (χ2n) is 8.99. The number of hydrogen-bond acceptors (Lipinski definition) is 5. The fourth-order valence-electron chi connectivity index (χ4n) is 4.60. The quantitative estimate of drug-likeness (QED) is 0.622. The molecule has 0 unspecified atom stereocenters. The first kappa shape index (κ1) is 27.2. The zero-order valence-electron chi connectivity index (χ0n) is 19.8. The molecule has 2 atom stereocenters. The van der Waals surface area contributed by atoms with Gasteiger partial charge in [-0.05, 0) is 62.4 Å². The molecule has 2 aliphatic rings. The lowest BCUT2D eigenvalue weighted by atomic mass is 9.96. The van der Waals surface area contributed by atoms with E-state index in [2.05, 4.69) is 46.8 Å². The van der Waals surface area contributed by atoms with Crippen LogP contribution >= 0.6 is 11.6 Å². The molecule has 6 nitrogen and oxygen atoms in total. The minimum absolute atomic E-state index is 0.303. The molecule has 0 spiro atoms. The number of alkyl halides is 3. The van der Waals surface area contributed by atoms with E-state index in [4.69, 9.17) is 26.2 Å². The highest BCUT2D eigenvalue weighted by molar-refractivity contribution is 6.30. The topological polar surface area (TPSA) is 65.9 Å². The van der Waals surface area contributed by atoms with E-state index in [0.717, 1.165) is 43.5 Å². The Bertz CT molecular complexity index is 966. The Balaban J connectivity index is 0.000000429. The van der Waals surface area contributed by atoms with E-state index in [1.165, 1.54) is 24.0 Å². The number of aliphatic carboxylic acids is 1. The predicted molar refractivity (Wildman–Crippen MR) is 129 cm³/mol. The second-order valence-corrected chi connectivity index (χ2v) is 9.43. The van der Waals surface area contributed by atoms with Gasteiger partial charge >= 0.3 is 12.1 Å². The molecular weight excluding hydrogens is 483 g/mol. The highest BCUT2D eigenvalue weighted by Crippen LogP contribution is 2.28. The summed E-state index contributed by atoms with van der Waals surface area (Å²) < 4.78 is 37.8. The number of piperidine rings is 1. The maximum atomic E-state index is 10.6. The van der Waals surface area contributed by atoms with Crippen LogP contribution in [0.1, 0.15) is 30.9 Å². The lowest BCUT2D eigenvalue weighted by Gasteiger charge is -2.46. The maximum Gasteiger partial charge on any atom is 0.490 e. The molecule has 1 aromatic carbocycles.